The first kappa shape index (κ1) is 13.7. The molecule has 0 aliphatic rings. The molecule has 0 radical (unpaired) electrons. The number of rotatable bonds is 4. The van der Waals surface area contributed by atoms with E-state index in [4.69, 9.17) is 0 Å². The number of alkyl halides is 3. The molecule has 1 aromatic rings. The molecular weight excluding hydrogens is 266 g/mol. The summed E-state index contributed by atoms with van der Waals surface area (Å²) in [5, 5.41) is 1.47. The zero-order valence-corrected chi connectivity index (χ0v) is 8.82. The van der Waals surface area contributed by atoms with E-state index in [1.807, 2.05) is 0 Å². The molecule has 1 aromatic heterocycles. The lowest BCUT2D eigenvalue weighted by Crippen LogP contribution is -2.20. The summed E-state index contributed by atoms with van der Waals surface area (Å²) in [5.74, 6) is -3.04. The van der Waals surface area contributed by atoms with Gasteiger partial charge in [-0.3, -0.25) is 4.79 Å². The summed E-state index contributed by atoms with van der Waals surface area (Å²) in [6.45, 7) is 0. The van der Waals surface area contributed by atoms with Gasteiger partial charge in [0.1, 0.15) is 0 Å². The number of thiophene rings is 1. The lowest BCUT2D eigenvalue weighted by Gasteiger charge is -2.11. The Hall–Kier alpha value is -1.38. The van der Waals surface area contributed by atoms with Crippen LogP contribution in [0.4, 0.5) is 21.8 Å². The Morgan fingerprint density at radius 2 is 2.06 bits per heavy atom. The van der Waals surface area contributed by atoms with Crippen molar-refractivity contribution in [1.29, 1.82) is 0 Å². The smallest absolute Gasteiger partial charge is 0.501 e. The molecule has 0 aliphatic carbocycles. The van der Waals surface area contributed by atoms with Gasteiger partial charge in [-0.05, 0) is 11.4 Å². The number of carbonyl (C=O) groups excluding carboxylic acids is 1. The van der Waals surface area contributed by atoms with E-state index in [-0.39, 0.29) is 11.0 Å². The van der Waals surface area contributed by atoms with Gasteiger partial charge in [0, 0.05) is 6.08 Å². The second kappa shape index (κ2) is 5.30. The van der Waals surface area contributed by atoms with E-state index in [0.29, 0.717) is 0 Å². The van der Waals surface area contributed by atoms with Gasteiger partial charge in [0.15, 0.2) is 11.5 Å². The van der Waals surface area contributed by atoms with Gasteiger partial charge in [0.2, 0.25) is 0 Å². The van der Waals surface area contributed by atoms with Crippen LogP contribution in [0.5, 0.6) is 0 Å². The Morgan fingerprint density at radius 1 is 1.41 bits per heavy atom. The molecule has 0 saturated heterocycles. The first-order valence-corrected chi connectivity index (χ1v) is 5.00. The van der Waals surface area contributed by atoms with Crippen molar-refractivity contribution < 1.29 is 31.3 Å². The molecule has 0 bridgehead atoms. The lowest BCUT2D eigenvalue weighted by atomic mass is 10.2. The molecule has 9 heteroatoms. The molecule has 0 saturated carbocycles. The third-order valence-electron chi connectivity index (χ3n) is 1.52. The highest BCUT2D eigenvalue weighted by molar-refractivity contribution is 7.12. The van der Waals surface area contributed by atoms with Gasteiger partial charge in [-0.2, -0.15) is 13.2 Å². The summed E-state index contributed by atoms with van der Waals surface area (Å²) in [5.41, 5.74) is 0. The minimum atomic E-state index is -5.14. The molecule has 2 nitrogen and oxygen atoms in total. The quantitative estimate of drug-likeness (QED) is 0.276. The molecule has 0 fully saturated rings. The minimum Gasteiger partial charge on any atom is -0.501 e. The molecule has 17 heavy (non-hydrogen) atoms. The molecule has 0 unspecified atom stereocenters. The lowest BCUT2D eigenvalue weighted by molar-refractivity contribution is -0.119. The van der Waals surface area contributed by atoms with E-state index in [0.717, 1.165) is 11.3 Å². The van der Waals surface area contributed by atoms with Gasteiger partial charge in [-0.1, -0.05) is 6.07 Å². The SMILES string of the molecule is O=C(/C=C(\OB(F)F)C(F)(F)F)c1cccs1. The average molecular weight is 270 g/mol. The van der Waals surface area contributed by atoms with Crippen molar-refractivity contribution in [1.82, 2.24) is 0 Å². The largest absolute Gasteiger partial charge is 0.796 e. The van der Waals surface area contributed by atoms with Gasteiger partial charge >= 0.3 is 13.6 Å². The zero-order valence-electron chi connectivity index (χ0n) is 8.00. The van der Waals surface area contributed by atoms with Gasteiger partial charge < -0.3 is 4.65 Å². The van der Waals surface area contributed by atoms with Crippen molar-refractivity contribution in [3.63, 3.8) is 0 Å². The second-order valence-corrected chi connectivity index (χ2v) is 3.67. The second-order valence-electron chi connectivity index (χ2n) is 2.73. The maximum absolute atomic E-state index is 12.2. The van der Waals surface area contributed by atoms with Crippen LogP contribution in [-0.2, 0) is 4.65 Å². The van der Waals surface area contributed by atoms with Crippen molar-refractivity contribution >= 4 is 24.6 Å². The normalized spacial score (nSPS) is 12.4. The van der Waals surface area contributed by atoms with Gasteiger partial charge in [-0.25, -0.2) is 8.63 Å². The van der Waals surface area contributed by atoms with Crippen molar-refractivity contribution in [3.05, 3.63) is 34.2 Å². The average Bonchev–Trinajstić information content (AvgIpc) is 2.66. The predicted molar refractivity (Wildman–Crippen MR) is 51.8 cm³/mol. The monoisotopic (exact) mass is 270 g/mol. The van der Waals surface area contributed by atoms with Gasteiger partial charge in [0.25, 0.3) is 0 Å². The molecule has 0 aliphatic heterocycles. The third-order valence-corrected chi connectivity index (χ3v) is 2.41. The molecule has 0 atom stereocenters. The van der Waals surface area contributed by atoms with Crippen LogP contribution in [0.1, 0.15) is 9.67 Å². The standard InChI is InChI=1S/C8H4BF5O2S/c10-8(11,12)7(16-9(13)14)4-5(15)6-2-1-3-17-6/h1-4H/b7-4-. The van der Waals surface area contributed by atoms with Gasteiger partial charge in [-0.15, -0.1) is 11.3 Å². The summed E-state index contributed by atoms with van der Waals surface area (Å²) in [4.78, 5) is 11.3. The summed E-state index contributed by atoms with van der Waals surface area (Å²) in [6.07, 6.45) is -5.12. The van der Waals surface area contributed by atoms with Crippen LogP contribution in [0.25, 0.3) is 0 Å². The Bertz CT molecular complexity index is 412. The van der Waals surface area contributed by atoms with Crippen molar-refractivity contribution in [3.8, 4) is 0 Å². The predicted octanol–water partition coefficient (Wildman–Crippen LogP) is 3.32. The first-order chi connectivity index (χ1) is 7.80. The van der Waals surface area contributed by atoms with Crippen molar-refractivity contribution in [2.45, 2.75) is 6.18 Å². The van der Waals surface area contributed by atoms with Crippen molar-refractivity contribution in [2.24, 2.45) is 0 Å². The molecule has 0 aromatic carbocycles. The van der Waals surface area contributed by atoms with E-state index in [2.05, 4.69) is 4.65 Å². The van der Waals surface area contributed by atoms with E-state index in [9.17, 15) is 26.6 Å². The molecule has 0 N–H and O–H groups in total. The summed E-state index contributed by atoms with van der Waals surface area (Å²) in [6, 6.07) is 2.73. The van der Waals surface area contributed by atoms with E-state index in [1.54, 1.807) is 0 Å². The van der Waals surface area contributed by atoms with Crippen LogP contribution in [0.3, 0.4) is 0 Å². The number of hydrogen-bond acceptors (Lipinski definition) is 3. The van der Waals surface area contributed by atoms with E-state index in [1.165, 1.54) is 17.5 Å². The van der Waals surface area contributed by atoms with Crippen LogP contribution in [0.15, 0.2) is 29.3 Å². The summed E-state index contributed by atoms with van der Waals surface area (Å²) in [7, 11) is -3.64. The number of allylic oxidation sites excluding steroid dienone is 2. The maximum Gasteiger partial charge on any atom is 0.796 e. The number of halogens is 5. The van der Waals surface area contributed by atoms with Crippen LogP contribution >= 0.6 is 11.3 Å². The number of carbonyl (C=O) groups is 1. The molecule has 0 spiro atoms. The highest BCUT2D eigenvalue weighted by Gasteiger charge is 2.40. The van der Waals surface area contributed by atoms with Crippen LogP contribution < -0.4 is 0 Å². The Labute approximate surface area is 96.9 Å². The fourth-order valence-corrected chi connectivity index (χ4v) is 1.52. The highest BCUT2D eigenvalue weighted by Crippen LogP contribution is 2.28. The molecular formula is C8H4BF5O2S. The molecule has 1 heterocycles. The Kier molecular flexibility index (Phi) is 4.27. The Balaban J connectivity index is 2.94. The number of hydrogen-bond donors (Lipinski definition) is 0. The van der Waals surface area contributed by atoms with Crippen LogP contribution in [0.2, 0.25) is 0 Å². The van der Waals surface area contributed by atoms with E-state index >= 15 is 0 Å². The molecule has 92 valence electrons. The topological polar surface area (TPSA) is 26.3 Å². The fraction of sp³-hybridized carbons (Fsp3) is 0.125. The van der Waals surface area contributed by atoms with Gasteiger partial charge in [0.05, 0.1) is 4.88 Å². The first-order valence-electron chi connectivity index (χ1n) is 4.12. The Morgan fingerprint density at radius 3 is 2.47 bits per heavy atom. The molecule has 0 amide bonds. The summed E-state index contributed by atoms with van der Waals surface area (Å²) >= 11 is 0.898. The molecule has 1 rings (SSSR count). The fourth-order valence-electron chi connectivity index (χ4n) is 0.888. The van der Waals surface area contributed by atoms with Crippen LogP contribution in [-0.4, -0.2) is 19.4 Å². The summed E-state index contributed by atoms with van der Waals surface area (Å²) < 4.78 is 63.4. The number of ketones is 1. The van der Waals surface area contributed by atoms with Crippen molar-refractivity contribution in [2.75, 3.05) is 0 Å². The minimum absolute atomic E-state index is 0.00427. The zero-order chi connectivity index (χ0) is 13.1. The van der Waals surface area contributed by atoms with Crippen LogP contribution in [0, 0.1) is 0 Å². The third kappa shape index (κ3) is 4.18. The maximum atomic E-state index is 12.2. The van der Waals surface area contributed by atoms with E-state index < -0.39 is 25.2 Å². The highest BCUT2D eigenvalue weighted by atomic mass is 32.1.